The van der Waals surface area contributed by atoms with Gasteiger partial charge in [-0.05, 0) is 32.8 Å². The summed E-state index contributed by atoms with van der Waals surface area (Å²) in [4.78, 5) is 27.7. The third kappa shape index (κ3) is 3.55. The lowest BCUT2D eigenvalue weighted by molar-refractivity contribution is -0.131. The Bertz CT molecular complexity index is 513. The average Bonchev–Trinajstić information content (AvgIpc) is 3.01. The van der Waals surface area contributed by atoms with Crippen molar-refractivity contribution in [2.75, 3.05) is 50.7 Å². The van der Waals surface area contributed by atoms with Crippen molar-refractivity contribution < 1.29 is 4.79 Å². The molecule has 0 unspecified atom stereocenters. The smallest absolute Gasteiger partial charge is 0.236 e. The summed E-state index contributed by atoms with van der Waals surface area (Å²) in [5.41, 5.74) is 2.02. The predicted octanol–water partition coefficient (Wildman–Crippen LogP) is 0.838. The maximum Gasteiger partial charge on any atom is 0.236 e. The second-order valence-electron chi connectivity index (χ2n) is 6.30. The third-order valence-corrected chi connectivity index (χ3v) is 4.44. The largest absolute Gasteiger partial charge is 0.342 e. The highest BCUT2D eigenvalue weighted by Gasteiger charge is 2.24. The summed E-state index contributed by atoms with van der Waals surface area (Å²) in [7, 11) is 0. The summed E-state index contributed by atoms with van der Waals surface area (Å²) in [5, 5.41) is 0. The summed E-state index contributed by atoms with van der Waals surface area (Å²) in [6.45, 7) is 10.0. The Labute approximate surface area is 132 Å². The van der Waals surface area contributed by atoms with E-state index in [4.69, 9.17) is 0 Å². The van der Waals surface area contributed by atoms with E-state index in [9.17, 15) is 4.79 Å². The minimum atomic E-state index is 0.286. The molecule has 2 aliphatic rings. The molecule has 0 radical (unpaired) electrons. The number of amides is 1. The number of aromatic nitrogens is 2. The molecule has 22 heavy (non-hydrogen) atoms. The van der Waals surface area contributed by atoms with Crippen LogP contribution in [-0.2, 0) is 4.79 Å². The molecular weight excluding hydrogens is 278 g/mol. The molecule has 0 N–H and O–H groups in total. The van der Waals surface area contributed by atoms with Crippen LogP contribution in [-0.4, -0.2) is 71.5 Å². The summed E-state index contributed by atoms with van der Waals surface area (Å²) >= 11 is 0. The van der Waals surface area contributed by atoms with E-state index in [1.807, 2.05) is 24.8 Å². The van der Waals surface area contributed by atoms with Crippen molar-refractivity contribution in [3.8, 4) is 0 Å². The van der Waals surface area contributed by atoms with Crippen LogP contribution in [0.2, 0.25) is 0 Å². The zero-order valence-corrected chi connectivity index (χ0v) is 13.6. The standard InChI is InChI=1S/C16H25N5O/c1-13-11-14(2)18-16(17-13)21-9-7-19(8-10-21)12-15(22)20-5-3-4-6-20/h11H,3-10,12H2,1-2H3. The van der Waals surface area contributed by atoms with Gasteiger partial charge >= 0.3 is 0 Å². The molecule has 2 aliphatic heterocycles. The fourth-order valence-corrected chi connectivity index (χ4v) is 3.21. The van der Waals surface area contributed by atoms with E-state index in [2.05, 4.69) is 19.8 Å². The first-order valence-corrected chi connectivity index (χ1v) is 8.19. The number of rotatable bonds is 3. The van der Waals surface area contributed by atoms with E-state index in [1.54, 1.807) is 0 Å². The van der Waals surface area contributed by atoms with Crippen LogP contribution >= 0.6 is 0 Å². The van der Waals surface area contributed by atoms with Gasteiger partial charge in [0.1, 0.15) is 0 Å². The van der Waals surface area contributed by atoms with E-state index in [1.165, 1.54) is 0 Å². The van der Waals surface area contributed by atoms with Gasteiger partial charge in [0.2, 0.25) is 11.9 Å². The highest BCUT2D eigenvalue weighted by atomic mass is 16.2. The Morgan fingerprint density at radius 1 is 1.00 bits per heavy atom. The SMILES string of the molecule is Cc1cc(C)nc(N2CCN(CC(=O)N3CCCC3)CC2)n1. The first-order chi connectivity index (χ1) is 10.6. The molecule has 2 fully saturated rings. The van der Waals surface area contributed by atoms with Gasteiger partial charge in [-0.3, -0.25) is 9.69 Å². The van der Waals surface area contributed by atoms with Crippen LogP contribution < -0.4 is 4.90 Å². The third-order valence-electron chi connectivity index (χ3n) is 4.44. The molecule has 1 aromatic rings. The minimum absolute atomic E-state index is 0.286. The first-order valence-electron chi connectivity index (χ1n) is 8.19. The summed E-state index contributed by atoms with van der Waals surface area (Å²) < 4.78 is 0. The number of nitrogens with zero attached hydrogens (tertiary/aromatic N) is 5. The summed E-state index contributed by atoms with van der Waals surface area (Å²) in [6.07, 6.45) is 2.31. The number of piperazine rings is 1. The van der Waals surface area contributed by atoms with Crippen molar-refractivity contribution in [1.82, 2.24) is 19.8 Å². The minimum Gasteiger partial charge on any atom is -0.342 e. The van der Waals surface area contributed by atoms with Gasteiger partial charge in [-0.15, -0.1) is 0 Å². The van der Waals surface area contributed by atoms with Gasteiger partial charge in [0.05, 0.1) is 6.54 Å². The average molecular weight is 303 g/mol. The number of likely N-dealkylation sites (tertiary alicyclic amines) is 1. The number of carbonyl (C=O) groups is 1. The number of anilines is 1. The normalized spacial score (nSPS) is 19.7. The van der Waals surface area contributed by atoms with E-state index in [0.29, 0.717) is 6.54 Å². The van der Waals surface area contributed by atoms with Gasteiger partial charge in [0.25, 0.3) is 0 Å². The molecule has 0 saturated carbocycles. The van der Waals surface area contributed by atoms with Gasteiger partial charge in [-0.2, -0.15) is 0 Å². The van der Waals surface area contributed by atoms with Gasteiger partial charge in [-0.25, -0.2) is 9.97 Å². The van der Waals surface area contributed by atoms with Crippen molar-refractivity contribution >= 4 is 11.9 Å². The maximum atomic E-state index is 12.2. The molecule has 3 rings (SSSR count). The first kappa shape index (κ1) is 15.2. The number of aryl methyl sites for hydroxylation is 2. The van der Waals surface area contributed by atoms with Gasteiger partial charge in [0, 0.05) is 50.7 Å². The molecule has 0 bridgehead atoms. The second kappa shape index (κ2) is 6.60. The predicted molar refractivity (Wildman–Crippen MR) is 86.0 cm³/mol. The molecule has 0 aromatic carbocycles. The number of carbonyl (C=O) groups excluding carboxylic acids is 1. The molecule has 6 nitrogen and oxygen atoms in total. The Hall–Kier alpha value is -1.69. The molecular formula is C16H25N5O. The van der Waals surface area contributed by atoms with Gasteiger partial charge in [-0.1, -0.05) is 0 Å². The van der Waals surface area contributed by atoms with Crippen LogP contribution in [0.3, 0.4) is 0 Å². The highest BCUT2D eigenvalue weighted by Crippen LogP contribution is 2.14. The fourth-order valence-electron chi connectivity index (χ4n) is 3.21. The Kier molecular flexibility index (Phi) is 4.57. The Morgan fingerprint density at radius 3 is 2.18 bits per heavy atom. The van der Waals surface area contributed by atoms with Crippen LogP contribution in [0.1, 0.15) is 24.2 Å². The van der Waals surface area contributed by atoms with E-state index < -0.39 is 0 Å². The van der Waals surface area contributed by atoms with Crippen LogP contribution in [0, 0.1) is 13.8 Å². The van der Waals surface area contributed by atoms with Crippen molar-refractivity contribution in [2.45, 2.75) is 26.7 Å². The molecule has 3 heterocycles. The Balaban J connectivity index is 1.52. The molecule has 0 spiro atoms. The van der Waals surface area contributed by atoms with Gasteiger partial charge in [0.15, 0.2) is 0 Å². The van der Waals surface area contributed by atoms with Crippen molar-refractivity contribution in [3.05, 3.63) is 17.5 Å². The topological polar surface area (TPSA) is 52.6 Å². The molecule has 6 heteroatoms. The lowest BCUT2D eigenvalue weighted by Gasteiger charge is -2.35. The molecule has 1 amide bonds. The van der Waals surface area contributed by atoms with Crippen LogP contribution in [0.25, 0.3) is 0 Å². The highest BCUT2D eigenvalue weighted by molar-refractivity contribution is 5.78. The van der Waals surface area contributed by atoms with Crippen LogP contribution in [0.5, 0.6) is 0 Å². The molecule has 120 valence electrons. The van der Waals surface area contributed by atoms with Gasteiger partial charge < -0.3 is 9.80 Å². The lowest BCUT2D eigenvalue weighted by Crippen LogP contribution is -2.50. The summed E-state index contributed by atoms with van der Waals surface area (Å²) in [5.74, 6) is 1.11. The lowest BCUT2D eigenvalue weighted by atomic mass is 10.3. The second-order valence-corrected chi connectivity index (χ2v) is 6.30. The van der Waals surface area contributed by atoms with Crippen molar-refractivity contribution in [1.29, 1.82) is 0 Å². The zero-order valence-electron chi connectivity index (χ0n) is 13.6. The quantitative estimate of drug-likeness (QED) is 0.828. The Morgan fingerprint density at radius 2 is 1.59 bits per heavy atom. The molecule has 2 saturated heterocycles. The molecule has 0 atom stereocenters. The van der Waals surface area contributed by atoms with Crippen LogP contribution in [0.4, 0.5) is 5.95 Å². The number of hydrogen-bond acceptors (Lipinski definition) is 5. The monoisotopic (exact) mass is 303 g/mol. The summed E-state index contributed by atoms with van der Waals surface area (Å²) in [6, 6.07) is 1.99. The zero-order chi connectivity index (χ0) is 15.5. The van der Waals surface area contributed by atoms with E-state index in [-0.39, 0.29) is 5.91 Å². The van der Waals surface area contributed by atoms with E-state index in [0.717, 1.165) is 69.4 Å². The van der Waals surface area contributed by atoms with Crippen molar-refractivity contribution in [2.24, 2.45) is 0 Å². The molecule has 0 aliphatic carbocycles. The van der Waals surface area contributed by atoms with Crippen LogP contribution in [0.15, 0.2) is 6.07 Å². The van der Waals surface area contributed by atoms with E-state index >= 15 is 0 Å². The maximum absolute atomic E-state index is 12.2. The molecule has 1 aromatic heterocycles. The number of hydrogen-bond donors (Lipinski definition) is 0. The van der Waals surface area contributed by atoms with Crippen molar-refractivity contribution in [3.63, 3.8) is 0 Å². The fraction of sp³-hybridized carbons (Fsp3) is 0.688.